The average molecular weight is 397 g/mol. The number of nitrogens with one attached hydrogen (secondary N) is 1. The lowest BCUT2D eigenvalue weighted by atomic mass is 10.0. The number of para-hydroxylation sites is 1. The van der Waals surface area contributed by atoms with Gasteiger partial charge in [0, 0.05) is 23.7 Å². The van der Waals surface area contributed by atoms with E-state index in [1.54, 1.807) is 6.20 Å². The van der Waals surface area contributed by atoms with Gasteiger partial charge in [-0.3, -0.25) is 9.78 Å². The predicted molar refractivity (Wildman–Crippen MR) is 118 cm³/mol. The Hall–Kier alpha value is -3.73. The molecule has 2 aromatic heterocycles. The second-order valence-electron chi connectivity index (χ2n) is 7.01. The lowest BCUT2D eigenvalue weighted by molar-refractivity contribution is 0.0952. The molecule has 150 valence electrons. The highest BCUT2D eigenvalue weighted by Crippen LogP contribution is 2.25. The zero-order chi connectivity index (χ0) is 20.9. The fraction of sp³-hybridized carbons (Fsp3) is 0.160. The molecule has 0 aliphatic heterocycles. The van der Waals surface area contributed by atoms with Crippen LogP contribution in [0.2, 0.25) is 0 Å². The van der Waals surface area contributed by atoms with Gasteiger partial charge in [0.25, 0.3) is 5.91 Å². The molecule has 1 N–H and O–H groups in total. The van der Waals surface area contributed by atoms with Crippen molar-refractivity contribution in [3.8, 4) is 17.1 Å². The molecule has 0 unspecified atom stereocenters. The molecule has 0 aliphatic carbocycles. The second kappa shape index (κ2) is 8.74. The molecule has 0 saturated carbocycles. The number of fused-ring (bicyclic) bond motifs is 1. The third-order valence-corrected chi connectivity index (χ3v) is 4.85. The standard InChI is InChI=1S/C25H23N3O2/c1-3-30-24-10-5-4-8-18(24)16-27-25(29)20-15-23(22-9-6-7-13-26-22)28-21-12-11-17(2)14-19(20)21/h4-15H,3,16H2,1-2H3,(H,27,29). The molecular formula is C25H23N3O2. The summed E-state index contributed by atoms with van der Waals surface area (Å²) in [4.78, 5) is 22.3. The number of aromatic nitrogens is 2. The molecule has 0 spiro atoms. The SMILES string of the molecule is CCOc1ccccc1CNC(=O)c1cc(-c2ccccn2)nc2ccc(C)cc12. The van der Waals surface area contributed by atoms with Crippen LogP contribution in [0.5, 0.6) is 5.75 Å². The van der Waals surface area contributed by atoms with E-state index in [9.17, 15) is 4.79 Å². The van der Waals surface area contributed by atoms with Crippen LogP contribution in [0.3, 0.4) is 0 Å². The highest BCUT2D eigenvalue weighted by molar-refractivity contribution is 6.07. The van der Waals surface area contributed by atoms with E-state index in [4.69, 9.17) is 9.72 Å². The van der Waals surface area contributed by atoms with Crippen LogP contribution >= 0.6 is 0 Å². The third kappa shape index (κ3) is 4.15. The molecule has 4 aromatic rings. The first-order valence-corrected chi connectivity index (χ1v) is 9.97. The van der Waals surface area contributed by atoms with Crippen LogP contribution in [0.4, 0.5) is 0 Å². The molecule has 4 rings (SSSR count). The molecule has 0 atom stereocenters. The van der Waals surface area contributed by atoms with Gasteiger partial charge in [-0.25, -0.2) is 4.98 Å². The molecule has 0 bridgehead atoms. The summed E-state index contributed by atoms with van der Waals surface area (Å²) in [5.41, 5.74) is 4.77. The summed E-state index contributed by atoms with van der Waals surface area (Å²) in [6, 6.07) is 21.1. The van der Waals surface area contributed by atoms with Crippen LogP contribution in [0, 0.1) is 6.92 Å². The van der Waals surface area contributed by atoms with Crippen molar-refractivity contribution >= 4 is 16.8 Å². The molecule has 5 heteroatoms. The van der Waals surface area contributed by atoms with Gasteiger partial charge in [0.1, 0.15) is 5.75 Å². The predicted octanol–water partition coefficient (Wildman–Crippen LogP) is 4.93. The van der Waals surface area contributed by atoms with Gasteiger partial charge in [-0.05, 0) is 50.2 Å². The molecule has 2 heterocycles. The molecule has 5 nitrogen and oxygen atoms in total. The first-order chi connectivity index (χ1) is 14.7. The van der Waals surface area contributed by atoms with E-state index in [1.807, 2.05) is 80.6 Å². The zero-order valence-electron chi connectivity index (χ0n) is 17.1. The third-order valence-electron chi connectivity index (χ3n) is 4.85. The Balaban J connectivity index is 1.70. The molecule has 0 radical (unpaired) electrons. The normalized spacial score (nSPS) is 10.7. The minimum Gasteiger partial charge on any atom is -0.494 e. The van der Waals surface area contributed by atoms with Crippen molar-refractivity contribution < 1.29 is 9.53 Å². The number of amides is 1. The van der Waals surface area contributed by atoms with E-state index < -0.39 is 0 Å². The van der Waals surface area contributed by atoms with Gasteiger partial charge >= 0.3 is 0 Å². The van der Waals surface area contributed by atoms with Gasteiger partial charge < -0.3 is 10.1 Å². The summed E-state index contributed by atoms with van der Waals surface area (Å²) >= 11 is 0. The lowest BCUT2D eigenvalue weighted by Gasteiger charge is -2.13. The van der Waals surface area contributed by atoms with Crippen molar-refractivity contribution in [2.45, 2.75) is 20.4 Å². The first-order valence-electron chi connectivity index (χ1n) is 9.97. The second-order valence-corrected chi connectivity index (χ2v) is 7.01. The molecule has 0 saturated heterocycles. The Labute approximate surface area is 175 Å². The fourth-order valence-corrected chi connectivity index (χ4v) is 3.39. The maximum atomic E-state index is 13.2. The molecule has 0 fully saturated rings. The monoisotopic (exact) mass is 397 g/mol. The van der Waals surface area contributed by atoms with Crippen molar-refractivity contribution in [3.63, 3.8) is 0 Å². The van der Waals surface area contributed by atoms with Gasteiger partial charge in [-0.1, -0.05) is 35.9 Å². The summed E-state index contributed by atoms with van der Waals surface area (Å²) < 4.78 is 5.67. The summed E-state index contributed by atoms with van der Waals surface area (Å²) in [7, 11) is 0. The van der Waals surface area contributed by atoms with Crippen LogP contribution in [0.1, 0.15) is 28.4 Å². The molecule has 30 heavy (non-hydrogen) atoms. The average Bonchev–Trinajstić information content (AvgIpc) is 2.78. The number of pyridine rings is 2. The van der Waals surface area contributed by atoms with Gasteiger partial charge in [0.15, 0.2) is 0 Å². The van der Waals surface area contributed by atoms with Crippen molar-refractivity contribution in [1.29, 1.82) is 0 Å². The Kier molecular flexibility index (Phi) is 5.70. The summed E-state index contributed by atoms with van der Waals surface area (Å²) in [5, 5.41) is 3.86. The number of hydrogen-bond donors (Lipinski definition) is 1. The molecular weight excluding hydrogens is 374 g/mol. The van der Waals surface area contributed by atoms with Crippen LogP contribution in [0.25, 0.3) is 22.3 Å². The van der Waals surface area contributed by atoms with Crippen molar-refractivity contribution in [1.82, 2.24) is 15.3 Å². The number of benzene rings is 2. The number of carbonyl (C=O) groups excluding carboxylic acids is 1. The minimum absolute atomic E-state index is 0.156. The molecule has 0 aliphatic rings. The number of ether oxygens (including phenoxy) is 1. The summed E-state index contributed by atoms with van der Waals surface area (Å²) in [6.45, 7) is 4.91. The van der Waals surface area contributed by atoms with Crippen molar-refractivity contribution in [3.05, 3.63) is 89.6 Å². The van der Waals surface area contributed by atoms with Crippen LogP contribution in [-0.2, 0) is 6.54 Å². The minimum atomic E-state index is -0.156. The maximum Gasteiger partial charge on any atom is 0.252 e. The molecule has 1 amide bonds. The Morgan fingerprint density at radius 3 is 2.63 bits per heavy atom. The van der Waals surface area contributed by atoms with Crippen molar-refractivity contribution in [2.75, 3.05) is 6.61 Å². The smallest absolute Gasteiger partial charge is 0.252 e. The van der Waals surface area contributed by atoms with Gasteiger partial charge in [0.2, 0.25) is 0 Å². The van der Waals surface area contributed by atoms with E-state index in [1.165, 1.54) is 0 Å². The highest BCUT2D eigenvalue weighted by Gasteiger charge is 2.15. The Morgan fingerprint density at radius 1 is 1.00 bits per heavy atom. The topological polar surface area (TPSA) is 64.1 Å². The number of hydrogen-bond acceptors (Lipinski definition) is 4. The Bertz CT molecular complexity index is 1190. The summed E-state index contributed by atoms with van der Waals surface area (Å²) in [6.07, 6.45) is 1.72. The highest BCUT2D eigenvalue weighted by atomic mass is 16.5. The fourth-order valence-electron chi connectivity index (χ4n) is 3.39. The first kappa shape index (κ1) is 19.6. The van der Waals surface area contributed by atoms with Crippen LogP contribution in [0.15, 0.2) is 72.9 Å². The van der Waals surface area contributed by atoms with E-state index in [0.717, 1.165) is 33.5 Å². The Morgan fingerprint density at radius 2 is 1.83 bits per heavy atom. The van der Waals surface area contributed by atoms with Gasteiger partial charge in [-0.2, -0.15) is 0 Å². The van der Waals surface area contributed by atoms with Gasteiger partial charge in [0.05, 0.1) is 29.1 Å². The van der Waals surface area contributed by atoms with Crippen molar-refractivity contribution in [2.24, 2.45) is 0 Å². The number of aryl methyl sites for hydroxylation is 1. The quantitative estimate of drug-likeness (QED) is 0.501. The largest absolute Gasteiger partial charge is 0.494 e. The zero-order valence-corrected chi connectivity index (χ0v) is 17.1. The molecule has 2 aromatic carbocycles. The number of nitrogens with zero attached hydrogens (tertiary/aromatic N) is 2. The van der Waals surface area contributed by atoms with Crippen LogP contribution < -0.4 is 10.1 Å². The van der Waals surface area contributed by atoms with Gasteiger partial charge in [-0.15, -0.1) is 0 Å². The van der Waals surface area contributed by atoms with E-state index in [0.29, 0.717) is 24.4 Å². The van der Waals surface area contributed by atoms with E-state index in [2.05, 4.69) is 10.3 Å². The lowest BCUT2D eigenvalue weighted by Crippen LogP contribution is -2.23. The van der Waals surface area contributed by atoms with Crippen LogP contribution in [-0.4, -0.2) is 22.5 Å². The summed E-state index contributed by atoms with van der Waals surface area (Å²) in [5.74, 6) is 0.626. The number of rotatable bonds is 6. The maximum absolute atomic E-state index is 13.2. The number of carbonyl (C=O) groups is 1. The van der Waals surface area contributed by atoms with E-state index in [-0.39, 0.29) is 5.91 Å². The van der Waals surface area contributed by atoms with E-state index >= 15 is 0 Å².